The highest BCUT2D eigenvalue weighted by atomic mass is 19.3. The smallest absolute Gasteiger partial charge is 0.269 e. The molecule has 0 radical (unpaired) electrons. The number of carbonyl (C=O) groups excluding carboxylic acids is 2. The first-order valence-electron chi connectivity index (χ1n) is 15.0. The molecule has 0 spiro atoms. The second-order valence-electron chi connectivity index (χ2n) is 12.0. The number of aromatic nitrogens is 5. The lowest BCUT2D eigenvalue weighted by atomic mass is 9.79. The van der Waals surface area contributed by atoms with Crippen molar-refractivity contribution in [2.24, 2.45) is 5.92 Å². The molecule has 0 aliphatic heterocycles. The third-order valence-corrected chi connectivity index (χ3v) is 6.97. The maximum atomic E-state index is 12.9. The Bertz CT molecular complexity index is 1350. The van der Waals surface area contributed by atoms with Gasteiger partial charge in [0, 0.05) is 57.0 Å². The Kier molecular flexibility index (Phi) is 12.3. The molecule has 3 aromatic heterocycles. The van der Waals surface area contributed by atoms with Gasteiger partial charge in [0.15, 0.2) is 5.65 Å². The summed E-state index contributed by atoms with van der Waals surface area (Å²) in [6.07, 6.45) is 7.07. The van der Waals surface area contributed by atoms with Crippen LogP contribution in [0.3, 0.4) is 0 Å². The summed E-state index contributed by atoms with van der Waals surface area (Å²) < 4.78 is 53.4. The van der Waals surface area contributed by atoms with Crippen molar-refractivity contribution in [3.63, 3.8) is 0 Å². The Labute approximate surface area is 254 Å². The first-order valence-corrected chi connectivity index (χ1v) is 15.0. The zero-order valence-electron chi connectivity index (χ0n) is 25.7. The van der Waals surface area contributed by atoms with Crippen LogP contribution in [0.25, 0.3) is 5.65 Å². The van der Waals surface area contributed by atoms with Crippen molar-refractivity contribution in [1.82, 2.24) is 35.0 Å². The molecule has 3 heterocycles. The third kappa shape index (κ3) is 11.2. The molecule has 0 atom stereocenters. The lowest BCUT2D eigenvalue weighted by molar-refractivity contribution is -0.133. The van der Waals surface area contributed by atoms with Crippen molar-refractivity contribution in [2.45, 2.75) is 116 Å². The molecule has 5 rings (SSSR count). The van der Waals surface area contributed by atoms with Crippen molar-refractivity contribution in [3.05, 3.63) is 47.7 Å². The number of carbonyl (C=O) groups is 2. The van der Waals surface area contributed by atoms with Crippen LogP contribution in [0, 0.1) is 5.92 Å². The van der Waals surface area contributed by atoms with E-state index in [1.54, 1.807) is 53.8 Å². The molecule has 44 heavy (non-hydrogen) atoms. The van der Waals surface area contributed by atoms with Gasteiger partial charge in [-0.1, -0.05) is 6.42 Å². The number of halogens is 4. The Morgan fingerprint density at radius 2 is 1.66 bits per heavy atom. The molecule has 2 aliphatic carbocycles. The van der Waals surface area contributed by atoms with E-state index in [1.807, 2.05) is 13.8 Å². The fourth-order valence-corrected chi connectivity index (χ4v) is 4.85. The number of hydrogen-bond donors (Lipinski definition) is 3. The highest BCUT2D eigenvalue weighted by Crippen LogP contribution is 2.43. The van der Waals surface area contributed by atoms with Crippen LogP contribution in [0.5, 0.6) is 0 Å². The lowest BCUT2D eigenvalue weighted by Crippen LogP contribution is -2.38. The summed E-state index contributed by atoms with van der Waals surface area (Å²) in [6, 6.07) is 3.51. The van der Waals surface area contributed by atoms with Gasteiger partial charge in [-0.3, -0.25) is 14.3 Å². The van der Waals surface area contributed by atoms with Gasteiger partial charge in [0.2, 0.25) is 17.8 Å². The van der Waals surface area contributed by atoms with Gasteiger partial charge < -0.3 is 15.7 Å². The quantitative estimate of drug-likeness (QED) is 0.286. The Morgan fingerprint density at radius 3 is 2.23 bits per heavy atom. The van der Waals surface area contributed by atoms with Gasteiger partial charge in [-0.05, 0) is 64.2 Å². The van der Waals surface area contributed by atoms with Crippen molar-refractivity contribution in [3.8, 4) is 0 Å². The number of aliphatic hydroxyl groups excluding tert-OH is 1. The summed E-state index contributed by atoms with van der Waals surface area (Å²) in [4.78, 5) is 28.9. The van der Waals surface area contributed by atoms with Crippen LogP contribution < -0.4 is 10.6 Å². The van der Waals surface area contributed by atoms with Crippen molar-refractivity contribution >= 4 is 17.5 Å². The Balaban J connectivity index is 0.000000370. The summed E-state index contributed by atoms with van der Waals surface area (Å²) >= 11 is 0. The van der Waals surface area contributed by atoms with Crippen molar-refractivity contribution in [2.75, 3.05) is 0 Å². The van der Waals surface area contributed by atoms with Crippen LogP contribution in [0.15, 0.2) is 30.7 Å². The van der Waals surface area contributed by atoms with E-state index in [4.69, 9.17) is 5.11 Å². The number of amides is 2. The van der Waals surface area contributed by atoms with Crippen LogP contribution >= 0.6 is 0 Å². The minimum atomic E-state index is -2.62. The predicted molar refractivity (Wildman–Crippen MR) is 156 cm³/mol. The molecule has 0 aromatic carbocycles. The maximum Gasteiger partial charge on any atom is 0.269 e. The van der Waals surface area contributed by atoms with E-state index in [1.165, 1.54) is 0 Å². The molecular formula is C30H43F4N7O3. The minimum absolute atomic E-state index is 0.0683. The monoisotopic (exact) mass is 625 g/mol. The van der Waals surface area contributed by atoms with E-state index in [0.717, 1.165) is 12.0 Å². The number of imidazole rings is 1. The number of nitrogens with one attached hydrogen (secondary N) is 2. The number of nitrogens with zero attached hydrogens (tertiary/aromatic N) is 5. The highest BCUT2D eigenvalue weighted by molar-refractivity contribution is 5.92. The van der Waals surface area contributed by atoms with E-state index in [-0.39, 0.29) is 75.1 Å². The Morgan fingerprint density at radius 1 is 1.00 bits per heavy atom. The van der Waals surface area contributed by atoms with Gasteiger partial charge in [0.1, 0.15) is 5.69 Å². The first-order chi connectivity index (χ1) is 20.6. The predicted octanol–water partition coefficient (Wildman–Crippen LogP) is 5.46. The molecule has 0 saturated heterocycles. The van der Waals surface area contributed by atoms with Crippen LogP contribution in [-0.4, -0.2) is 59.2 Å². The zero-order chi connectivity index (χ0) is 32.5. The third-order valence-electron chi connectivity index (χ3n) is 6.97. The number of hydrogen-bond acceptors (Lipinski definition) is 6. The Hall–Kier alpha value is -3.55. The number of rotatable bonds is 8. The largest absolute Gasteiger partial charge is 0.394 e. The van der Waals surface area contributed by atoms with E-state index in [2.05, 4.69) is 25.8 Å². The molecule has 2 aliphatic rings. The lowest BCUT2D eigenvalue weighted by Gasteiger charge is -2.34. The van der Waals surface area contributed by atoms with Crippen LogP contribution in [0.2, 0.25) is 0 Å². The van der Waals surface area contributed by atoms with E-state index < -0.39 is 11.8 Å². The van der Waals surface area contributed by atoms with E-state index >= 15 is 0 Å². The van der Waals surface area contributed by atoms with E-state index in [0.29, 0.717) is 29.9 Å². The normalized spacial score (nSPS) is 17.2. The van der Waals surface area contributed by atoms with Gasteiger partial charge in [0.05, 0.1) is 24.6 Å². The van der Waals surface area contributed by atoms with Gasteiger partial charge >= 0.3 is 0 Å². The molecule has 3 aromatic rings. The second-order valence-corrected chi connectivity index (χ2v) is 12.0. The highest BCUT2D eigenvalue weighted by Gasteiger charge is 2.45. The van der Waals surface area contributed by atoms with Crippen LogP contribution in [0.1, 0.15) is 107 Å². The number of fused-ring (bicyclic) bond motifs is 1. The molecule has 244 valence electrons. The molecule has 2 fully saturated rings. The van der Waals surface area contributed by atoms with Gasteiger partial charge in [-0.15, -0.1) is 0 Å². The zero-order valence-corrected chi connectivity index (χ0v) is 25.7. The van der Waals surface area contributed by atoms with Crippen LogP contribution in [-0.2, 0) is 17.9 Å². The number of alkyl halides is 4. The standard InChI is InChI=1S/C21H25F2N7O2.C6H10F2.C3H8O/c1-13(2)30-17(3-4-26-30)20(32)25-11-16-12-29-18(28-16)5-15(10-27-29)9-24-19(31)6-14-7-21(22,23)8-14;7-6(8)4-2-1-3-5-6;1-3(2)4/h3-5,10,12-14H,6-9,11H2,1-2H3,(H,24,31)(H,25,32);1-5H2;3-4H,1-2H3. The molecule has 0 bridgehead atoms. The second kappa shape index (κ2) is 15.4. The summed E-state index contributed by atoms with van der Waals surface area (Å²) in [7, 11) is 0. The molecule has 2 saturated carbocycles. The average molecular weight is 626 g/mol. The average Bonchev–Trinajstić information content (AvgIpc) is 3.57. The number of aliphatic hydroxyl groups is 1. The molecule has 10 nitrogen and oxygen atoms in total. The maximum absolute atomic E-state index is 12.9. The van der Waals surface area contributed by atoms with Crippen molar-refractivity contribution in [1.29, 1.82) is 0 Å². The van der Waals surface area contributed by atoms with Crippen LogP contribution in [0.4, 0.5) is 17.6 Å². The summed E-state index contributed by atoms with van der Waals surface area (Å²) in [5.74, 6) is -5.69. The fourth-order valence-electron chi connectivity index (χ4n) is 4.85. The topological polar surface area (TPSA) is 126 Å². The van der Waals surface area contributed by atoms with E-state index in [9.17, 15) is 27.2 Å². The van der Waals surface area contributed by atoms with Gasteiger partial charge in [-0.25, -0.2) is 27.1 Å². The SMILES string of the molecule is CC(C)O.CC(C)n1nccc1C(=O)NCc1cn2ncc(CNC(=O)CC3CC(F)(F)C3)cc2n1.FC1(F)CCCCC1. The molecule has 2 amide bonds. The van der Waals surface area contributed by atoms with Gasteiger partial charge in [-0.2, -0.15) is 10.2 Å². The molecule has 0 unspecified atom stereocenters. The fraction of sp³-hybridized carbons (Fsp3) is 0.633. The first kappa shape index (κ1) is 34.9. The molecule has 14 heteroatoms. The molecule has 3 N–H and O–H groups in total. The minimum Gasteiger partial charge on any atom is -0.394 e. The summed E-state index contributed by atoms with van der Waals surface area (Å²) in [5, 5.41) is 22.1. The molecular weight excluding hydrogens is 582 g/mol. The summed E-state index contributed by atoms with van der Waals surface area (Å²) in [6.45, 7) is 7.81. The summed E-state index contributed by atoms with van der Waals surface area (Å²) in [5.41, 5.74) is 2.43. The van der Waals surface area contributed by atoms with Gasteiger partial charge in [0.25, 0.3) is 5.91 Å². The van der Waals surface area contributed by atoms with Crippen molar-refractivity contribution < 1.29 is 32.3 Å².